The van der Waals surface area contributed by atoms with Gasteiger partial charge in [-0.1, -0.05) is 33.8 Å². The number of nitrogens with two attached hydrogens (primary N) is 1. The van der Waals surface area contributed by atoms with Gasteiger partial charge in [-0.3, -0.25) is 19.9 Å². The Bertz CT molecular complexity index is 1110. The first kappa shape index (κ1) is 27.3. The Hall–Kier alpha value is -2.78. The Morgan fingerprint density at radius 2 is 1.92 bits per heavy atom. The van der Waals surface area contributed by atoms with Crippen LogP contribution in [-0.4, -0.2) is 51.3 Å². The van der Waals surface area contributed by atoms with Crippen LogP contribution in [0.3, 0.4) is 0 Å². The number of pyridine rings is 1. The molecule has 4 rings (SSSR count). The number of ketones is 1. The highest BCUT2D eigenvalue weighted by Gasteiger charge is 2.64. The number of alkyl carbamates (subject to hydrolysis) is 1. The van der Waals surface area contributed by atoms with Crippen molar-refractivity contribution in [2.45, 2.75) is 78.1 Å². The minimum atomic E-state index is -1.07. The number of rotatable bonds is 3. The monoisotopic (exact) mass is 513 g/mol. The highest BCUT2D eigenvalue weighted by Crippen LogP contribution is 2.63. The third kappa shape index (κ3) is 4.46. The molecule has 9 nitrogen and oxygen atoms in total. The van der Waals surface area contributed by atoms with Crippen LogP contribution in [0.5, 0.6) is 0 Å². The average molecular weight is 514 g/mol. The molecule has 1 heterocycles. The first-order valence-corrected chi connectivity index (χ1v) is 13.0. The van der Waals surface area contributed by atoms with E-state index in [4.69, 9.17) is 10.5 Å². The van der Waals surface area contributed by atoms with Gasteiger partial charge in [0.2, 0.25) is 0 Å². The molecule has 0 aromatic carbocycles. The van der Waals surface area contributed by atoms with Crippen LogP contribution in [0.25, 0.3) is 0 Å². The lowest BCUT2D eigenvalue weighted by molar-refractivity contribution is -0.130. The van der Waals surface area contributed by atoms with Crippen molar-refractivity contribution in [3.05, 3.63) is 36.7 Å². The van der Waals surface area contributed by atoms with Crippen molar-refractivity contribution in [2.75, 3.05) is 5.73 Å². The number of nitrogen functional groups attached to an aromatic ring is 1. The largest absolute Gasteiger partial charge is 0.445 e. The molecule has 9 heteroatoms. The van der Waals surface area contributed by atoms with Crippen molar-refractivity contribution < 1.29 is 29.3 Å². The third-order valence-electron chi connectivity index (χ3n) is 10.1. The highest BCUT2D eigenvalue weighted by molar-refractivity contribution is 6.03. The van der Waals surface area contributed by atoms with Gasteiger partial charge in [0.1, 0.15) is 12.2 Å². The Morgan fingerprint density at radius 3 is 2.57 bits per heavy atom. The lowest BCUT2D eigenvalue weighted by Gasteiger charge is -2.47. The van der Waals surface area contributed by atoms with Gasteiger partial charge >= 0.3 is 6.09 Å². The van der Waals surface area contributed by atoms with Gasteiger partial charge in [0, 0.05) is 29.1 Å². The van der Waals surface area contributed by atoms with E-state index in [9.17, 15) is 24.6 Å². The van der Waals surface area contributed by atoms with E-state index in [1.807, 2.05) is 20.8 Å². The number of amides is 2. The van der Waals surface area contributed by atoms with Gasteiger partial charge in [0.15, 0.2) is 5.78 Å². The number of ether oxygens (including phenoxy) is 1. The van der Waals surface area contributed by atoms with Gasteiger partial charge in [-0.25, -0.2) is 4.79 Å². The molecule has 2 bridgehead atoms. The van der Waals surface area contributed by atoms with Crippen LogP contribution >= 0.6 is 0 Å². The number of imide groups is 1. The molecule has 1 aromatic heterocycles. The maximum atomic E-state index is 13.3. The minimum absolute atomic E-state index is 0.0723. The van der Waals surface area contributed by atoms with E-state index in [1.165, 1.54) is 18.5 Å². The predicted octanol–water partition coefficient (Wildman–Crippen LogP) is 3.25. The standard InChI is InChI=1S/C28H39N3O6/c1-6-26(4)12-21(37-25(36)31-24(35)17-9-18(29)14-30-13-17)27(5)10-19-22(33)20(32)11-28(19,8-7-15(27)2)16(3)23(26)34/h6,9,13-16,19-21,23,32,34H,1,7-8,10-12,29H2,2-5H3,(H,31,35,36)/t15?,16-,19?,20-,21+,23-,26+,27-,28-/m0/s1. The normalized spacial score (nSPS) is 41.5. The maximum Gasteiger partial charge on any atom is 0.414 e. The molecule has 3 aliphatic rings. The van der Waals surface area contributed by atoms with Crippen molar-refractivity contribution in [3.63, 3.8) is 0 Å². The number of anilines is 1. The smallest absolute Gasteiger partial charge is 0.414 e. The van der Waals surface area contributed by atoms with Crippen LogP contribution in [-0.2, 0) is 9.53 Å². The number of carbonyl (C=O) groups excluding carboxylic acids is 3. The van der Waals surface area contributed by atoms with Crippen LogP contribution in [0.1, 0.15) is 70.2 Å². The van der Waals surface area contributed by atoms with Crippen LogP contribution in [0.4, 0.5) is 10.5 Å². The lowest BCUT2D eigenvalue weighted by Crippen LogP contribution is -2.49. The molecular weight excluding hydrogens is 474 g/mol. The van der Waals surface area contributed by atoms with Crippen molar-refractivity contribution in [3.8, 4) is 0 Å². The first-order chi connectivity index (χ1) is 17.3. The number of fused-ring (bicyclic) bond motifs is 1. The highest BCUT2D eigenvalue weighted by atomic mass is 16.6. The molecule has 3 fully saturated rings. The Morgan fingerprint density at radius 1 is 1.22 bits per heavy atom. The summed E-state index contributed by atoms with van der Waals surface area (Å²) in [6, 6.07) is 1.41. The number of nitrogens with one attached hydrogen (secondary N) is 1. The molecule has 5 N–H and O–H groups in total. The number of aromatic nitrogens is 1. The second-order valence-electron chi connectivity index (χ2n) is 12.1. The van der Waals surface area contributed by atoms with Crippen LogP contribution in [0, 0.1) is 34.0 Å². The molecular formula is C28H39N3O6. The summed E-state index contributed by atoms with van der Waals surface area (Å²) in [7, 11) is 0. The molecule has 3 saturated carbocycles. The van der Waals surface area contributed by atoms with Gasteiger partial charge in [0.05, 0.1) is 17.4 Å². The van der Waals surface area contributed by atoms with Gasteiger partial charge in [-0.2, -0.15) is 0 Å². The SMILES string of the molecule is C=C[C@]1(C)C[C@@H](OC(=O)NC(=O)c2cncc(N)c2)[C@@]2(C)CC3C(=O)[C@@H](O)C[C@@]3(CCC2C)[C@@H](C)[C@@H]1O. The summed E-state index contributed by atoms with van der Waals surface area (Å²) in [5.41, 5.74) is 4.06. The molecule has 0 spiro atoms. The zero-order valence-electron chi connectivity index (χ0n) is 22.1. The van der Waals surface area contributed by atoms with Gasteiger partial charge in [-0.15, -0.1) is 6.58 Å². The van der Waals surface area contributed by atoms with Crippen LogP contribution in [0.2, 0.25) is 0 Å². The number of hydrogen-bond acceptors (Lipinski definition) is 8. The molecule has 37 heavy (non-hydrogen) atoms. The van der Waals surface area contributed by atoms with Crippen molar-refractivity contribution in [1.29, 1.82) is 0 Å². The summed E-state index contributed by atoms with van der Waals surface area (Å²) >= 11 is 0. The number of aliphatic hydroxyl groups is 2. The zero-order valence-corrected chi connectivity index (χ0v) is 22.1. The number of hydrogen-bond donors (Lipinski definition) is 4. The number of aliphatic hydroxyl groups excluding tert-OH is 2. The van der Waals surface area contributed by atoms with E-state index >= 15 is 0 Å². The lowest BCUT2D eigenvalue weighted by atomic mass is 9.60. The second-order valence-corrected chi connectivity index (χ2v) is 12.1. The van der Waals surface area contributed by atoms with Gasteiger partial charge in [0.25, 0.3) is 5.91 Å². The summed E-state index contributed by atoms with van der Waals surface area (Å²) < 4.78 is 6.00. The molecule has 9 atom stereocenters. The molecule has 2 amide bonds. The van der Waals surface area contributed by atoms with E-state index in [1.54, 1.807) is 6.08 Å². The molecule has 0 aliphatic heterocycles. The average Bonchev–Trinajstić information content (AvgIpc) is 3.03. The Labute approximate surface area is 217 Å². The van der Waals surface area contributed by atoms with Gasteiger partial charge in [-0.05, 0) is 55.4 Å². The summed E-state index contributed by atoms with van der Waals surface area (Å²) in [4.78, 5) is 42.9. The van der Waals surface area contributed by atoms with Crippen LogP contribution in [0.15, 0.2) is 31.1 Å². The minimum Gasteiger partial charge on any atom is -0.445 e. The molecule has 1 aromatic rings. The fraction of sp³-hybridized carbons (Fsp3) is 0.643. The Kier molecular flexibility index (Phi) is 7.01. The van der Waals surface area contributed by atoms with Gasteiger partial charge < -0.3 is 20.7 Å². The fourth-order valence-corrected chi connectivity index (χ4v) is 7.26. The fourth-order valence-electron chi connectivity index (χ4n) is 7.26. The summed E-state index contributed by atoms with van der Waals surface area (Å²) in [5.74, 6) is -1.58. The molecule has 0 radical (unpaired) electrons. The molecule has 3 aliphatic carbocycles. The summed E-state index contributed by atoms with van der Waals surface area (Å²) in [6.07, 6.45) is 3.22. The number of carbonyl (C=O) groups is 3. The third-order valence-corrected chi connectivity index (χ3v) is 10.1. The number of Topliss-reactive ketones (excluding diaryl/α,β-unsaturated/α-hetero) is 1. The van der Waals surface area contributed by atoms with E-state index in [2.05, 4.69) is 23.8 Å². The molecule has 202 valence electrons. The first-order valence-electron chi connectivity index (χ1n) is 13.0. The van der Waals surface area contributed by atoms with E-state index < -0.39 is 52.5 Å². The second kappa shape index (κ2) is 9.51. The van der Waals surface area contributed by atoms with Crippen molar-refractivity contribution >= 4 is 23.5 Å². The molecule has 0 saturated heterocycles. The van der Waals surface area contributed by atoms with E-state index in [0.29, 0.717) is 19.3 Å². The quantitative estimate of drug-likeness (QED) is 0.450. The van der Waals surface area contributed by atoms with Crippen LogP contribution < -0.4 is 11.1 Å². The van der Waals surface area contributed by atoms with Crippen molar-refractivity contribution in [2.24, 2.45) is 34.0 Å². The summed E-state index contributed by atoms with van der Waals surface area (Å²) in [6.45, 7) is 12.0. The zero-order chi connectivity index (χ0) is 27.3. The summed E-state index contributed by atoms with van der Waals surface area (Å²) in [5, 5.41) is 24.6. The van der Waals surface area contributed by atoms with E-state index in [-0.39, 0.29) is 35.3 Å². The van der Waals surface area contributed by atoms with Crippen molar-refractivity contribution in [1.82, 2.24) is 10.3 Å². The van der Waals surface area contributed by atoms with E-state index in [0.717, 1.165) is 6.42 Å². The predicted molar refractivity (Wildman–Crippen MR) is 137 cm³/mol. The molecule has 2 unspecified atom stereocenters. The Balaban J connectivity index is 1.72. The topological polar surface area (TPSA) is 152 Å². The maximum absolute atomic E-state index is 13.3. The number of nitrogens with zero attached hydrogens (tertiary/aromatic N) is 1.